The first-order chi connectivity index (χ1) is 9.18. The molecular weight excluding hydrogens is 363 g/mol. The molecule has 0 amide bonds. The van der Waals surface area contributed by atoms with Crippen LogP contribution in [0.4, 0.5) is 39.5 Å². The first kappa shape index (κ1) is 21.0. The average Bonchev–Trinajstić information content (AvgIpc) is 2.25. The summed E-state index contributed by atoms with van der Waals surface area (Å²) < 4.78 is 110. The fourth-order valence-corrected chi connectivity index (χ4v) is 10.7. The van der Waals surface area contributed by atoms with Crippen LogP contribution in [-0.4, -0.2) is 44.4 Å². The molecule has 0 aliphatic rings. The summed E-state index contributed by atoms with van der Waals surface area (Å²) in [6.07, 6.45) is -17.8. The van der Waals surface area contributed by atoms with Crippen molar-refractivity contribution in [2.45, 2.75) is 55.9 Å². The van der Waals surface area contributed by atoms with Crippen molar-refractivity contribution in [3.63, 3.8) is 0 Å². The molecule has 0 unspecified atom stereocenters. The zero-order valence-electron chi connectivity index (χ0n) is 10.6. The molecule has 0 fully saturated rings. The molecular formula is C9H12F9Si3. The van der Waals surface area contributed by atoms with Crippen molar-refractivity contribution in [1.29, 1.82) is 0 Å². The van der Waals surface area contributed by atoms with Crippen LogP contribution in [0, 0.1) is 0 Å². The Labute approximate surface area is 122 Å². The van der Waals surface area contributed by atoms with E-state index in [1.807, 2.05) is 0 Å². The van der Waals surface area contributed by atoms with Gasteiger partial charge in [-0.25, -0.2) is 0 Å². The molecule has 5 radical (unpaired) electrons. The Balaban J connectivity index is 4.91. The van der Waals surface area contributed by atoms with Crippen molar-refractivity contribution in [3.05, 3.63) is 0 Å². The highest BCUT2D eigenvalue weighted by atomic mass is 29.5. The Morgan fingerprint density at radius 2 is 0.857 bits per heavy atom. The lowest BCUT2D eigenvalue weighted by Crippen LogP contribution is -2.45. The molecule has 21 heavy (non-hydrogen) atoms. The maximum Gasteiger partial charge on any atom is 0.388 e. The Morgan fingerprint density at radius 3 is 1.00 bits per heavy atom. The zero-order chi connectivity index (χ0) is 16.9. The van der Waals surface area contributed by atoms with E-state index in [-0.39, 0.29) is 0 Å². The van der Waals surface area contributed by atoms with Gasteiger partial charge in [0.1, 0.15) is 0 Å². The van der Waals surface area contributed by atoms with Crippen LogP contribution in [0.15, 0.2) is 0 Å². The minimum atomic E-state index is -4.58. The first-order valence-corrected chi connectivity index (χ1v) is 11.9. The molecule has 0 heterocycles. The van der Waals surface area contributed by atoms with Crippen molar-refractivity contribution < 1.29 is 39.5 Å². The topological polar surface area (TPSA) is 0 Å². The van der Waals surface area contributed by atoms with Gasteiger partial charge in [0.25, 0.3) is 0 Å². The van der Waals surface area contributed by atoms with Gasteiger partial charge in [0, 0.05) is 45.2 Å². The highest BCUT2D eigenvalue weighted by molar-refractivity contribution is 7.40. The van der Waals surface area contributed by atoms with Gasteiger partial charge in [-0.3, -0.25) is 0 Å². The summed E-state index contributed by atoms with van der Waals surface area (Å²) in [7, 11) is -0.879. The Bertz CT molecular complexity index is 262. The van der Waals surface area contributed by atoms with Crippen LogP contribution in [0.3, 0.4) is 0 Å². The van der Waals surface area contributed by atoms with Crippen molar-refractivity contribution in [3.8, 4) is 0 Å². The molecule has 0 aliphatic carbocycles. The molecule has 0 atom stereocenters. The lowest BCUT2D eigenvalue weighted by molar-refractivity contribution is -0.132. The average molecular weight is 375 g/mol. The standard InChI is InChI=1S/C9H12F9Si3/c10-7(11,12)1-4-21(20-19,5-2-8(13,14)15)6-3-9(16,17)18/h1-6H2. The third kappa shape index (κ3) is 11.3. The van der Waals surface area contributed by atoms with Crippen molar-refractivity contribution in [1.82, 2.24) is 0 Å². The lowest BCUT2D eigenvalue weighted by Gasteiger charge is -2.32. The van der Waals surface area contributed by atoms with Crippen LogP contribution in [0.2, 0.25) is 18.1 Å². The molecule has 0 rings (SSSR count). The largest absolute Gasteiger partial charge is 0.388 e. The summed E-state index contributed by atoms with van der Waals surface area (Å²) in [5.41, 5.74) is 0. The van der Waals surface area contributed by atoms with Gasteiger partial charge in [0.15, 0.2) is 0 Å². The van der Waals surface area contributed by atoms with Crippen molar-refractivity contribution >= 4 is 25.9 Å². The second-order valence-corrected chi connectivity index (χ2v) is 15.2. The number of rotatable bonds is 7. The number of halogens is 9. The summed E-state index contributed by atoms with van der Waals surface area (Å²) in [5, 5.41) is 0. The first-order valence-electron chi connectivity index (χ1n) is 5.82. The van der Waals surface area contributed by atoms with E-state index in [0.29, 0.717) is 0 Å². The summed E-state index contributed by atoms with van der Waals surface area (Å²) in [6, 6.07) is -1.86. The van der Waals surface area contributed by atoms with Gasteiger partial charge >= 0.3 is 18.5 Å². The second-order valence-electron chi connectivity index (χ2n) is 4.75. The van der Waals surface area contributed by atoms with Crippen LogP contribution >= 0.6 is 0 Å². The third-order valence-corrected chi connectivity index (χ3v) is 15.7. The van der Waals surface area contributed by atoms with Crippen LogP contribution in [0.1, 0.15) is 19.3 Å². The van der Waals surface area contributed by atoms with E-state index in [9.17, 15) is 39.5 Å². The predicted molar refractivity (Wildman–Crippen MR) is 63.7 cm³/mol. The highest BCUT2D eigenvalue weighted by Crippen LogP contribution is 2.36. The summed E-state index contributed by atoms with van der Waals surface area (Å²) in [5.74, 6) is 0. The van der Waals surface area contributed by atoms with Gasteiger partial charge in [0.05, 0.1) is 0 Å². The molecule has 0 aromatic heterocycles. The van der Waals surface area contributed by atoms with Gasteiger partial charge in [0.2, 0.25) is 0 Å². The maximum absolute atomic E-state index is 12.2. The molecule has 123 valence electrons. The normalized spacial score (nSPS) is 14.6. The molecule has 0 saturated carbocycles. The minimum Gasteiger partial charge on any atom is -0.171 e. The molecule has 0 nitrogen and oxygen atoms in total. The monoisotopic (exact) mass is 375 g/mol. The number of alkyl halides is 9. The number of hydrogen-bond acceptors (Lipinski definition) is 0. The van der Waals surface area contributed by atoms with E-state index in [1.165, 1.54) is 0 Å². The van der Waals surface area contributed by atoms with Crippen LogP contribution in [0.5, 0.6) is 0 Å². The molecule has 12 heteroatoms. The summed E-state index contributed by atoms with van der Waals surface area (Å²) in [6.45, 7) is 0. The molecule has 0 N–H and O–H groups in total. The van der Waals surface area contributed by atoms with Crippen molar-refractivity contribution in [2.75, 3.05) is 0 Å². The van der Waals surface area contributed by atoms with E-state index in [2.05, 4.69) is 9.76 Å². The Kier molecular flexibility index (Phi) is 7.53. The SMILES string of the molecule is FC(F)(F)CC[Si](CCC(F)(F)F)(CCC(F)(F)F)[Si][Si]. The molecule has 0 aromatic carbocycles. The van der Waals surface area contributed by atoms with Gasteiger partial charge in [-0.15, -0.1) is 0 Å². The third-order valence-electron chi connectivity index (χ3n) is 2.93. The van der Waals surface area contributed by atoms with Crippen LogP contribution in [0.25, 0.3) is 0 Å². The van der Waals surface area contributed by atoms with Crippen LogP contribution < -0.4 is 0 Å². The second kappa shape index (κ2) is 7.53. The maximum atomic E-state index is 12.2. The highest BCUT2D eigenvalue weighted by Gasteiger charge is 2.42. The molecule has 0 spiro atoms. The van der Waals surface area contributed by atoms with Gasteiger partial charge in [-0.2, -0.15) is 39.5 Å². The Hall–Kier alpha value is 0.0206. The molecule has 0 aromatic rings. The quantitative estimate of drug-likeness (QED) is 0.451. The van der Waals surface area contributed by atoms with Crippen LogP contribution in [-0.2, 0) is 0 Å². The predicted octanol–water partition coefficient (Wildman–Crippen LogP) is 4.58. The van der Waals surface area contributed by atoms with Crippen molar-refractivity contribution in [2.24, 2.45) is 0 Å². The van der Waals surface area contributed by atoms with Gasteiger partial charge in [-0.05, 0) is 0 Å². The fourth-order valence-electron chi connectivity index (χ4n) is 1.71. The molecule has 0 aliphatic heterocycles. The fraction of sp³-hybridized carbons (Fsp3) is 1.00. The lowest BCUT2D eigenvalue weighted by atomic mass is 10.5. The summed E-state index contributed by atoms with van der Waals surface area (Å²) in [4.78, 5) is 0. The van der Waals surface area contributed by atoms with E-state index >= 15 is 0 Å². The summed E-state index contributed by atoms with van der Waals surface area (Å²) >= 11 is 0. The van der Waals surface area contributed by atoms with Gasteiger partial charge < -0.3 is 0 Å². The molecule has 0 saturated heterocycles. The van der Waals surface area contributed by atoms with Gasteiger partial charge in [-0.1, -0.05) is 18.1 Å². The van der Waals surface area contributed by atoms with E-state index in [0.717, 1.165) is 0 Å². The van der Waals surface area contributed by atoms with E-state index < -0.39 is 72.1 Å². The number of hydrogen-bond donors (Lipinski definition) is 0. The minimum absolute atomic E-state index is 0.479. The Morgan fingerprint density at radius 1 is 0.619 bits per heavy atom. The van der Waals surface area contributed by atoms with E-state index in [1.54, 1.807) is 0 Å². The molecule has 0 bridgehead atoms. The smallest absolute Gasteiger partial charge is 0.171 e. The zero-order valence-corrected chi connectivity index (χ0v) is 13.6. The van der Waals surface area contributed by atoms with E-state index in [4.69, 9.17) is 0 Å².